The molecule has 2 saturated heterocycles. The predicted molar refractivity (Wildman–Crippen MR) is 148 cm³/mol. The van der Waals surface area contributed by atoms with Crippen LogP contribution in [0.15, 0.2) is 42.6 Å². The second-order valence-electron chi connectivity index (χ2n) is 9.50. The minimum atomic E-state index is -0.242. The van der Waals surface area contributed by atoms with Gasteiger partial charge in [-0.1, -0.05) is 17.4 Å². The number of likely N-dealkylation sites (tertiary alicyclic amines) is 1. The molecule has 0 bridgehead atoms. The zero-order valence-electron chi connectivity index (χ0n) is 20.0. The maximum Gasteiger partial charge on any atom is 0.251 e. The number of imidazole rings is 1. The van der Waals surface area contributed by atoms with Gasteiger partial charge in [0.05, 0.1) is 15.9 Å². The Morgan fingerprint density at radius 2 is 1.94 bits per heavy atom. The number of piperidine rings is 1. The first-order chi connectivity index (χ1) is 16.5. The fraction of sp³-hybridized carbons (Fsp3) is 0.385. The summed E-state index contributed by atoms with van der Waals surface area (Å²) in [7, 11) is 2.11. The highest BCUT2D eigenvalue weighted by Crippen LogP contribution is 2.32. The van der Waals surface area contributed by atoms with Crippen LogP contribution in [0.4, 0.5) is 4.39 Å². The van der Waals surface area contributed by atoms with Crippen LogP contribution in [0.1, 0.15) is 47.6 Å². The van der Waals surface area contributed by atoms with Crippen LogP contribution in [0.25, 0.3) is 26.4 Å². The van der Waals surface area contributed by atoms with Crippen molar-refractivity contribution in [2.45, 2.75) is 37.8 Å². The molecule has 0 unspecified atom stereocenters. The molecule has 2 N–H and O–H groups in total. The highest BCUT2D eigenvalue weighted by atomic mass is 35.5. The molecule has 6 nitrogen and oxygen atoms in total. The second-order valence-corrected chi connectivity index (χ2v) is 10.5. The number of carbonyl (C=O) groups excluding carboxylic acids is 1. The molecule has 0 aliphatic carbocycles. The van der Waals surface area contributed by atoms with E-state index in [4.69, 9.17) is 4.98 Å². The van der Waals surface area contributed by atoms with Crippen molar-refractivity contribution in [3.8, 4) is 11.3 Å². The van der Waals surface area contributed by atoms with Crippen LogP contribution < -0.4 is 10.6 Å². The normalized spacial score (nSPS) is 18.8. The van der Waals surface area contributed by atoms with Gasteiger partial charge in [0.15, 0.2) is 4.96 Å². The number of carbonyl (C=O) groups is 1. The van der Waals surface area contributed by atoms with Gasteiger partial charge in [0.1, 0.15) is 5.82 Å². The van der Waals surface area contributed by atoms with E-state index in [9.17, 15) is 9.18 Å². The Morgan fingerprint density at radius 1 is 1.14 bits per heavy atom. The van der Waals surface area contributed by atoms with Crippen LogP contribution in [0, 0.1) is 5.82 Å². The van der Waals surface area contributed by atoms with Gasteiger partial charge in [-0.05, 0) is 88.3 Å². The SMILES string of the molecule is CN1CCC(NC(=O)c2ccc3c(c2)sc2nc(-c4ccc([C@H]5CCCN5)cc4F)cn23)CC1.Cl.Cl. The molecular formula is C26H30Cl2FN5OS. The molecule has 4 aromatic rings. The minimum Gasteiger partial charge on any atom is -0.349 e. The number of thiazole rings is 1. The van der Waals surface area contributed by atoms with Gasteiger partial charge in [-0.2, -0.15) is 0 Å². The van der Waals surface area contributed by atoms with E-state index in [0.717, 1.165) is 66.1 Å². The lowest BCUT2D eigenvalue weighted by Crippen LogP contribution is -2.43. The standard InChI is InChI=1S/C26H28FN5OS.2ClH/c1-31-11-8-18(9-12-31)29-25(33)17-5-7-23-24(14-17)34-26-30-22(15-32(23)26)19-6-4-16(13-20(19)27)21-3-2-10-28-21;;/h4-7,13-15,18,21,28H,2-3,8-12H2,1H3,(H,29,33);2*1H/t21-;;/m1../s1. The molecule has 6 rings (SSSR count). The van der Waals surface area contributed by atoms with E-state index < -0.39 is 0 Å². The number of benzene rings is 2. The molecule has 36 heavy (non-hydrogen) atoms. The van der Waals surface area contributed by atoms with Crippen LogP contribution in [0.5, 0.6) is 0 Å². The van der Waals surface area contributed by atoms with Gasteiger partial charge in [-0.15, -0.1) is 24.8 Å². The van der Waals surface area contributed by atoms with Crippen LogP contribution in [0.2, 0.25) is 0 Å². The van der Waals surface area contributed by atoms with Gasteiger partial charge in [0, 0.05) is 29.4 Å². The van der Waals surface area contributed by atoms with Crippen LogP contribution in [-0.4, -0.2) is 52.9 Å². The number of nitrogens with one attached hydrogen (secondary N) is 2. The van der Waals surface area contributed by atoms with Gasteiger partial charge >= 0.3 is 0 Å². The fourth-order valence-corrected chi connectivity index (χ4v) is 6.17. The zero-order chi connectivity index (χ0) is 23.2. The number of fused-ring (bicyclic) bond motifs is 3. The van der Waals surface area contributed by atoms with E-state index >= 15 is 0 Å². The predicted octanol–water partition coefficient (Wildman–Crippen LogP) is 5.45. The van der Waals surface area contributed by atoms with Crippen molar-refractivity contribution < 1.29 is 9.18 Å². The molecule has 2 aliphatic heterocycles. The summed E-state index contributed by atoms with van der Waals surface area (Å²) in [5.74, 6) is -0.267. The number of halogens is 3. The summed E-state index contributed by atoms with van der Waals surface area (Å²) in [5.41, 5.74) is 3.77. The summed E-state index contributed by atoms with van der Waals surface area (Å²) in [4.78, 5) is 20.6. The summed E-state index contributed by atoms with van der Waals surface area (Å²) in [6.07, 6.45) is 6.02. The van der Waals surface area contributed by atoms with Crippen molar-refractivity contribution in [3.05, 3.63) is 59.5 Å². The summed E-state index contributed by atoms with van der Waals surface area (Å²) in [6.45, 7) is 3.00. The van der Waals surface area contributed by atoms with Gasteiger partial charge < -0.3 is 15.5 Å². The summed E-state index contributed by atoms with van der Waals surface area (Å²) < 4.78 is 18.0. The zero-order valence-corrected chi connectivity index (χ0v) is 22.4. The third kappa shape index (κ3) is 5.10. The molecule has 192 valence electrons. The van der Waals surface area contributed by atoms with E-state index in [1.165, 1.54) is 11.3 Å². The molecule has 0 spiro atoms. The summed E-state index contributed by atoms with van der Waals surface area (Å²) >= 11 is 1.52. The van der Waals surface area contributed by atoms with Gasteiger partial charge in [-0.3, -0.25) is 9.20 Å². The van der Waals surface area contributed by atoms with Crippen molar-refractivity contribution in [2.75, 3.05) is 26.7 Å². The third-order valence-electron chi connectivity index (χ3n) is 7.14. The van der Waals surface area contributed by atoms with E-state index in [1.807, 2.05) is 40.9 Å². The molecule has 2 fully saturated rings. The Labute approximate surface area is 226 Å². The minimum absolute atomic E-state index is 0. The topological polar surface area (TPSA) is 61.7 Å². The van der Waals surface area contributed by atoms with E-state index in [-0.39, 0.29) is 48.6 Å². The lowest BCUT2D eigenvalue weighted by Gasteiger charge is -2.29. The lowest BCUT2D eigenvalue weighted by atomic mass is 10.0. The van der Waals surface area contributed by atoms with Crippen molar-refractivity contribution in [3.63, 3.8) is 0 Å². The van der Waals surface area contributed by atoms with Crippen molar-refractivity contribution in [1.82, 2.24) is 24.9 Å². The first-order valence-corrected chi connectivity index (χ1v) is 12.8. The number of amides is 1. The Morgan fingerprint density at radius 3 is 2.67 bits per heavy atom. The first kappa shape index (κ1) is 26.8. The summed E-state index contributed by atoms with van der Waals surface area (Å²) in [6, 6.07) is 11.7. The molecule has 1 amide bonds. The third-order valence-corrected chi connectivity index (χ3v) is 8.16. The highest BCUT2D eigenvalue weighted by Gasteiger charge is 2.21. The average molecular weight is 551 g/mol. The fourth-order valence-electron chi connectivity index (χ4n) is 5.12. The molecule has 2 aromatic carbocycles. The highest BCUT2D eigenvalue weighted by molar-refractivity contribution is 7.23. The number of hydrogen-bond donors (Lipinski definition) is 2. The quantitative estimate of drug-likeness (QED) is 0.355. The lowest BCUT2D eigenvalue weighted by molar-refractivity contribution is 0.0917. The molecule has 0 radical (unpaired) electrons. The number of nitrogens with zero attached hydrogens (tertiary/aromatic N) is 3. The van der Waals surface area contributed by atoms with E-state index in [1.54, 1.807) is 6.07 Å². The number of aromatic nitrogens is 2. The first-order valence-electron chi connectivity index (χ1n) is 12.0. The molecule has 2 aliphatic rings. The number of rotatable bonds is 4. The van der Waals surface area contributed by atoms with Crippen molar-refractivity contribution in [2.24, 2.45) is 0 Å². The molecule has 4 heterocycles. The largest absolute Gasteiger partial charge is 0.349 e. The molecular weight excluding hydrogens is 520 g/mol. The average Bonchev–Trinajstić information content (AvgIpc) is 3.57. The molecule has 1 atom stereocenters. The van der Waals surface area contributed by atoms with Crippen molar-refractivity contribution in [1.29, 1.82) is 0 Å². The van der Waals surface area contributed by atoms with Gasteiger partial charge in [-0.25, -0.2) is 9.37 Å². The Hall–Kier alpha value is -2.23. The van der Waals surface area contributed by atoms with Gasteiger partial charge in [0.2, 0.25) is 0 Å². The van der Waals surface area contributed by atoms with Crippen molar-refractivity contribution >= 4 is 57.2 Å². The van der Waals surface area contributed by atoms with Crippen LogP contribution in [0.3, 0.4) is 0 Å². The molecule has 0 saturated carbocycles. The van der Waals surface area contributed by atoms with Crippen LogP contribution in [-0.2, 0) is 0 Å². The monoisotopic (exact) mass is 549 g/mol. The Bertz CT molecular complexity index is 1380. The maximum absolute atomic E-state index is 15.0. The second kappa shape index (κ2) is 11.0. The van der Waals surface area contributed by atoms with Gasteiger partial charge in [0.25, 0.3) is 5.91 Å². The molecule has 10 heteroatoms. The Balaban J connectivity index is 0.00000152. The molecule has 2 aromatic heterocycles. The van der Waals surface area contributed by atoms with E-state index in [0.29, 0.717) is 16.8 Å². The summed E-state index contributed by atoms with van der Waals surface area (Å²) in [5, 5.41) is 6.60. The maximum atomic E-state index is 15.0. The Kier molecular flexibility index (Phi) is 8.22. The van der Waals surface area contributed by atoms with E-state index in [2.05, 4.69) is 22.6 Å². The number of hydrogen-bond acceptors (Lipinski definition) is 5. The smallest absolute Gasteiger partial charge is 0.251 e. The van der Waals surface area contributed by atoms with Crippen LogP contribution >= 0.6 is 36.2 Å².